The van der Waals surface area contributed by atoms with Crippen LogP contribution in [0.2, 0.25) is 0 Å². The number of piperidine rings is 1. The maximum absolute atomic E-state index is 13.2. The Balaban J connectivity index is 1.44. The van der Waals surface area contributed by atoms with Crippen molar-refractivity contribution in [2.45, 2.75) is 43.6 Å². The van der Waals surface area contributed by atoms with Gasteiger partial charge in [0.05, 0.1) is 37.5 Å². The fourth-order valence-corrected chi connectivity index (χ4v) is 5.26. The van der Waals surface area contributed by atoms with Crippen LogP contribution in [0.1, 0.15) is 32.3 Å². The number of likely N-dealkylation sites (tertiary alicyclic amines) is 1. The molecule has 4 rings (SSSR count). The summed E-state index contributed by atoms with van der Waals surface area (Å²) in [6.07, 6.45) is 1.29. The van der Waals surface area contributed by atoms with Gasteiger partial charge < -0.3 is 19.3 Å². The summed E-state index contributed by atoms with van der Waals surface area (Å²) >= 11 is 1.44. The van der Waals surface area contributed by atoms with Crippen molar-refractivity contribution in [2.24, 2.45) is 5.92 Å². The molecule has 3 heterocycles. The molecule has 0 N–H and O–H groups in total. The normalized spacial score (nSPS) is 18.1. The minimum atomic E-state index is -0.310. The third kappa shape index (κ3) is 5.90. The zero-order chi connectivity index (χ0) is 23.9. The maximum Gasteiger partial charge on any atom is 0.309 e. The lowest BCUT2D eigenvalue weighted by Crippen LogP contribution is -2.43. The van der Waals surface area contributed by atoms with Crippen LogP contribution in [-0.2, 0) is 25.6 Å². The fourth-order valence-electron chi connectivity index (χ4n) is 4.33. The first-order chi connectivity index (χ1) is 16.6. The van der Waals surface area contributed by atoms with E-state index in [0.29, 0.717) is 52.3 Å². The Morgan fingerprint density at radius 3 is 2.50 bits per heavy atom. The molecule has 1 aromatic carbocycles. The van der Waals surface area contributed by atoms with Crippen LogP contribution in [0.5, 0.6) is 0 Å². The summed E-state index contributed by atoms with van der Waals surface area (Å²) in [5.74, 6) is 0.609. The topological polar surface area (TPSA) is 89.8 Å². The van der Waals surface area contributed by atoms with Gasteiger partial charge in [-0.1, -0.05) is 42.1 Å². The van der Waals surface area contributed by atoms with Crippen LogP contribution in [0.15, 0.2) is 35.5 Å². The number of hydrogen-bond acceptors (Lipinski definition) is 8. The Hall–Kier alpha value is -2.59. The van der Waals surface area contributed by atoms with E-state index in [2.05, 4.69) is 31.8 Å². The van der Waals surface area contributed by atoms with E-state index in [4.69, 9.17) is 9.47 Å². The molecule has 2 aliphatic heterocycles. The number of morpholine rings is 1. The molecule has 2 fully saturated rings. The summed E-state index contributed by atoms with van der Waals surface area (Å²) in [4.78, 5) is 29.2. The predicted octanol–water partition coefficient (Wildman–Crippen LogP) is 2.45. The summed E-state index contributed by atoms with van der Waals surface area (Å²) in [6, 6.07) is 10.2. The van der Waals surface area contributed by atoms with Gasteiger partial charge in [0.2, 0.25) is 11.9 Å². The molecule has 0 bridgehead atoms. The molecule has 34 heavy (non-hydrogen) atoms. The van der Waals surface area contributed by atoms with Gasteiger partial charge in [-0.3, -0.25) is 14.2 Å². The third-order valence-corrected chi connectivity index (χ3v) is 7.30. The zero-order valence-electron chi connectivity index (χ0n) is 19.9. The number of anilines is 1. The van der Waals surface area contributed by atoms with Gasteiger partial charge in [0.1, 0.15) is 0 Å². The van der Waals surface area contributed by atoms with Crippen LogP contribution in [0.25, 0.3) is 0 Å². The molecule has 1 atom stereocenters. The highest BCUT2D eigenvalue weighted by atomic mass is 32.2. The Bertz CT molecular complexity index is 956. The molecule has 1 aromatic heterocycles. The summed E-state index contributed by atoms with van der Waals surface area (Å²) in [5.41, 5.74) is 1.15. The van der Waals surface area contributed by atoms with Gasteiger partial charge in [0, 0.05) is 26.2 Å². The van der Waals surface area contributed by atoms with Crippen LogP contribution in [0, 0.1) is 5.92 Å². The zero-order valence-corrected chi connectivity index (χ0v) is 20.7. The van der Waals surface area contributed by atoms with Crippen molar-refractivity contribution in [2.75, 3.05) is 50.9 Å². The highest BCUT2D eigenvalue weighted by Crippen LogP contribution is 2.29. The monoisotopic (exact) mass is 487 g/mol. The lowest BCUT2D eigenvalue weighted by molar-refractivity contribution is -0.151. The minimum Gasteiger partial charge on any atom is -0.466 e. The molecule has 0 aliphatic carbocycles. The Morgan fingerprint density at radius 1 is 1.12 bits per heavy atom. The Labute approximate surface area is 204 Å². The smallest absolute Gasteiger partial charge is 0.309 e. The lowest BCUT2D eigenvalue weighted by Gasteiger charge is -2.32. The van der Waals surface area contributed by atoms with Gasteiger partial charge in [0.15, 0.2) is 5.16 Å². The van der Waals surface area contributed by atoms with Crippen LogP contribution in [-0.4, -0.2) is 82.8 Å². The number of ether oxygens (including phenoxy) is 2. The predicted molar refractivity (Wildman–Crippen MR) is 130 cm³/mol. The van der Waals surface area contributed by atoms with Crippen molar-refractivity contribution in [3.05, 3.63) is 35.9 Å². The summed E-state index contributed by atoms with van der Waals surface area (Å²) in [5, 5.41) is 9.39. The molecule has 0 saturated carbocycles. The van der Waals surface area contributed by atoms with Crippen LogP contribution in [0.3, 0.4) is 0 Å². The second-order valence-electron chi connectivity index (χ2n) is 8.57. The van der Waals surface area contributed by atoms with E-state index in [1.165, 1.54) is 11.8 Å². The molecule has 2 aromatic rings. The largest absolute Gasteiger partial charge is 0.466 e. The van der Waals surface area contributed by atoms with Crippen molar-refractivity contribution in [3.8, 4) is 0 Å². The number of rotatable bonds is 8. The number of amides is 1. The van der Waals surface area contributed by atoms with Gasteiger partial charge in [0.25, 0.3) is 0 Å². The van der Waals surface area contributed by atoms with E-state index in [0.717, 1.165) is 29.8 Å². The highest BCUT2D eigenvalue weighted by Gasteiger charge is 2.31. The van der Waals surface area contributed by atoms with E-state index >= 15 is 0 Å². The second kappa shape index (κ2) is 11.7. The average molecular weight is 488 g/mol. The number of hydrogen-bond donors (Lipinski definition) is 0. The van der Waals surface area contributed by atoms with Crippen LogP contribution in [0.4, 0.5) is 5.95 Å². The molecule has 0 spiro atoms. The van der Waals surface area contributed by atoms with Gasteiger partial charge >= 0.3 is 5.97 Å². The first-order valence-electron chi connectivity index (χ1n) is 12.0. The first kappa shape index (κ1) is 24.5. The van der Waals surface area contributed by atoms with E-state index in [1.54, 1.807) is 0 Å². The number of benzene rings is 1. The molecular weight excluding hydrogens is 454 g/mol. The highest BCUT2D eigenvalue weighted by molar-refractivity contribution is 8.00. The quantitative estimate of drug-likeness (QED) is 0.414. The number of thioether (sulfide) groups is 1. The molecule has 1 unspecified atom stereocenters. The average Bonchev–Trinajstić information content (AvgIpc) is 3.26. The van der Waals surface area contributed by atoms with Crippen molar-refractivity contribution in [1.82, 2.24) is 19.7 Å². The summed E-state index contributed by atoms with van der Waals surface area (Å²) < 4.78 is 12.7. The number of carbonyl (C=O) groups excluding carboxylic acids is 2. The van der Waals surface area contributed by atoms with Crippen molar-refractivity contribution >= 4 is 29.6 Å². The number of carbonyl (C=O) groups is 2. The molecule has 0 radical (unpaired) electrons. The molecule has 10 heteroatoms. The third-order valence-electron chi connectivity index (χ3n) is 6.23. The molecule has 9 nitrogen and oxygen atoms in total. The van der Waals surface area contributed by atoms with Crippen LogP contribution < -0.4 is 4.90 Å². The Kier molecular flexibility index (Phi) is 8.44. The molecule has 1 amide bonds. The second-order valence-corrected chi connectivity index (χ2v) is 9.87. The van der Waals surface area contributed by atoms with Gasteiger partial charge in [-0.15, -0.1) is 10.2 Å². The number of aromatic nitrogens is 3. The Morgan fingerprint density at radius 2 is 1.82 bits per heavy atom. The summed E-state index contributed by atoms with van der Waals surface area (Å²) in [6.45, 7) is 8.76. The van der Waals surface area contributed by atoms with E-state index < -0.39 is 0 Å². The van der Waals surface area contributed by atoms with Gasteiger partial charge in [-0.2, -0.15) is 0 Å². The van der Waals surface area contributed by atoms with Crippen molar-refractivity contribution in [1.29, 1.82) is 0 Å². The summed E-state index contributed by atoms with van der Waals surface area (Å²) in [7, 11) is 0. The molecule has 184 valence electrons. The standard InChI is InChI=1S/C24H33N5O4S/c1-3-33-22(31)20-9-11-27(12-10-20)21(30)18(2)34-24-26-25-23(28-13-15-32-16-14-28)29(24)17-19-7-5-4-6-8-19/h4-8,18,20H,3,9-17H2,1-2H3. The number of nitrogens with zero attached hydrogens (tertiary/aromatic N) is 5. The van der Waals surface area contributed by atoms with Gasteiger partial charge in [-0.05, 0) is 32.3 Å². The van der Waals surface area contributed by atoms with Gasteiger partial charge in [-0.25, -0.2) is 0 Å². The molecule has 2 aliphatic rings. The first-order valence-corrected chi connectivity index (χ1v) is 12.9. The lowest BCUT2D eigenvalue weighted by atomic mass is 9.97. The SMILES string of the molecule is CCOC(=O)C1CCN(C(=O)C(C)Sc2nnc(N3CCOCC3)n2Cc2ccccc2)CC1. The van der Waals surface area contributed by atoms with Crippen LogP contribution >= 0.6 is 11.8 Å². The van der Waals surface area contributed by atoms with E-state index in [-0.39, 0.29) is 23.0 Å². The fraction of sp³-hybridized carbons (Fsp3) is 0.583. The number of esters is 1. The minimum absolute atomic E-state index is 0.0643. The van der Waals surface area contributed by atoms with Crippen molar-refractivity contribution in [3.63, 3.8) is 0 Å². The van der Waals surface area contributed by atoms with E-state index in [9.17, 15) is 9.59 Å². The maximum atomic E-state index is 13.2. The van der Waals surface area contributed by atoms with E-state index in [1.807, 2.05) is 36.9 Å². The van der Waals surface area contributed by atoms with Crippen molar-refractivity contribution < 1.29 is 19.1 Å². The molecular formula is C24H33N5O4S. The molecule has 2 saturated heterocycles.